The summed E-state index contributed by atoms with van der Waals surface area (Å²) in [4.78, 5) is 5.69. The molecular formula is C16H19NO4. The molecule has 112 valence electrons. The minimum absolute atomic E-state index is 0.336. The fourth-order valence-electron chi connectivity index (χ4n) is 2.48. The highest BCUT2D eigenvalue weighted by Crippen LogP contribution is 2.35. The van der Waals surface area contributed by atoms with E-state index in [-0.39, 0.29) is 5.60 Å². The third-order valence-corrected chi connectivity index (χ3v) is 3.62. The van der Waals surface area contributed by atoms with Gasteiger partial charge in [0.1, 0.15) is 12.2 Å². The van der Waals surface area contributed by atoms with Gasteiger partial charge in [-0.05, 0) is 24.3 Å². The number of rotatable bonds is 5. The molecule has 0 radical (unpaired) electrons. The van der Waals surface area contributed by atoms with Crippen LogP contribution in [0.2, 0.25) is 0 Å². The summed E-state index contributed by atoms with van der Waals surface area (Å²) in [7, 11) is 1.62. The summed E-state index contributed by atoms with van der Waals surface area (Å²) in [5, 5.41) is 0. The van der Waals surface area contributed by atoms with Crippen LogP contribution in [-0.2, 0) is 9.57 Å². The molecule has 0 amide bonds. The second kappa shape index (κ2) is 5.79. The largest absolute Gasteiger partial charge is 0.493 e. The summed E-state index contributed by atoms with van der Waals surface area (Å²) in [6.45, 7) is 5.39. The highest BCUT2D eigenvalue weighted by molar-refractivity contribution is 5.68. The number of ether oxygens (including phenoxy) is 3. The number of benzene rings is 1. The van der Waals surface area contributed by atoms with Gasteiger partial charge >= 0.3 is 0 Å². The zero-order chi connectivity index (χ0) is 14.7. The molecule has 0 saturated carbocycles. The Hall–Kier alpha value is -1.98. The second-order valence-electron chi connectivity index (χ2n) is 5.09. The maximum atomic E-state index is 5.69. The Kier molecular flexibility index (Phi) is 3.86. The molecule has 5 nitrogen and oxygen atoms in total. The number of nitrogens with one attached hydrogen (secondary N) is 1. The van der Waals surface area contributed by atoms with Crippen molar-refractivity contribution in [1.29, 1.82) is 0 Å². The topological polar surface area (TPSA) is 49.0 Å². The van der Waals surface area contributed by atoms with E-state index in [1.165, 1.54) is 0 Å². The third kappa shape index (κ3) is 2.75. The Morgan fingerprint density at radius 1 is 1.43 bits per heavy atom. The van der Waals surface area contributed by atoms with Gasteiger partial charge in [0.05, 0.1) is 19.4 Å². The number of methoxy groups -OCH3 is 1. The summed E-state index contributed by atoms with van der Waals surface area (Å²) < 4.78 is 16.3. The van der Waals surface area contributed by atoms with Crippen molar-refractivity contribution in [2.24, 2.45) is 0 Å². The van der Waals surface area contributed by atoms with Crippen molar-refractivity contribution in [3.8, 4) is 11.5 Å². The van der Waals surface area contributed by atoms with Crippen LogP contribution < -0.4 is 15.0 Å². The molecule has 1 fully saturated rings. The Balaban J connectivity index is 1.87. The molecule has 1 saturated heterocycles. The first kappa shape index (κ1) is 14.0. The minimum atomic E-state index is -0.336. The van der Waals surface area contributed by atoms with E-state index in [4.69, 9.17) is 19.0 Å². The lowest BCUT2D eigenvalue weighted by Gasteiger charge is -2.15. The van der Waals surface area contributed by atoms with Crippen LogP contribution in [0, 0.1) is 0 Å². The Bertz CT molecular complexity index is 561. The quantitative estimate of drug-likeness (QED) is 0.843. The first-order chi connectivity index (χ1) is 10.3. The van der Waals surface area contributed by atoms with Crippen molar-refractivity contribution in [3.63, 3.8) is 0 Å². The van der Waals surface area contributed by atoms with E-state index in [2.05, 4.69) is 18.1 Å². The Morgan fingerprint density at radius 2 is 2.33 bits per heavy atom. The van der Waals surface area contributed by atoms with E-state index in [0.717, 1.165) is 24.3 Å². The van der Waals surface area contributed by atoms with Gasteiger partial charge in [0.25, 0.3) is 0 Å². The monoisotopic (exact) mass is 289 g/mol. The van der Waals surface area contributed by atoms with Crippen LogP contribution in [0.3, 0.4) is 0 Å². The molecule has 21 heavy (non-hydrogen) atoms. The Labute approximate surface area is 124 Å². The first-order valence-electron chi connectivity index (χ1n) is 6.93. The van der Waals surface area contributed by atoms with Gasteiger partial charge in [-0.2, -0.15) is 0 Å². The molecule has 1 unspecified atom stereocenters. The molecule has 1 spiro atoms. The molecule has 2 heterocycles. The van der Waals surface area contributed by atoms with Gasteiger partial charge in [-0.3, -0.25) is 10.3 Å². The van der Waals surface area contributed by atoms with Crippen molar-refractivity contribution in [2.75, 3.05) is 26.9 Å². The van der Waals surface area contributed by atoms with Gasteiger partial charge in [0, 0.05) is 18.6 Å². The van der Waals surface area contributed by atoms with Crippen LogP contribution in [0.25, 0.3) is 5.70 Å². The number of hydrogen-bond acceptors (Lipinski definition) is 5. The molecule has 0 aromatic heterocycles. The van der Waals surface area contributed by atoms with E-state index < -0.39 is 0 Å². The van der Waals surface area contributed by atoms with Crippen LogP contribution in [0.1, 0.15) is 12.0 Å². The summed E-state index contributed by atoms with van der Waals surface area (Å²) in [6.07, 6.45) is 4.64. The highest BCUT2D eigenvalue weighted by Gasteiger charge is 2.39. The summed E-state index contributed by atoms with van der Waals surface area (Å²) in [5.41, 5.74) is 4.56. The van der Waals surface area contributed by atoms with Crippen LogP contribution in [0.4, 0.5) is 0 Å². The highest BCUT2D eigenvalue weighted by atomic mass is 16.7. The maximum Gasteiger partial charge on any atom is 0.162 e. The second-order valence-corrected chi connectivity index (χ2v) is 5.09. The summed E-state index contributed by atoms with van der Waals surface area (Å²) in [6, 6.07) is 5.78. The normalized spacial score (nSPS) is 23.8. The molecule has 5 heteroatoms. The standard InChI is InChI=1S/C16H19NO4/c1-3-7-20-15-9-12(4-5-14(15)18-2)13-10-16(21-17-13)6-8-19-11-16/h3-5,9-10,17H,1,6-8,11H2,2H3. The molecule has 0 aliphatic carbocycles. The average molecular weight is 289 g/mol. The molecule has 1 atom stereocenters. The van der Waals surface area contributed by atoms with Crippen LogP contribution in [0.15, 0.2) is 36.9 Å². The van der Waals surface area contributed by atoms with Gasteiger partial charge in [-0.25, -0.2) is 0 Å². The Morgan fingerprint density at radius 3 is 3.05 bits per heavy atom. The summed E-state index contributed by atoms with van der Waals surface area (Å²) >= 11 is 0. The lowest BCUT2D eigenvalue weighted by molar-refractivity contribution is -0.0373. The molecular weight excluding hydrogens is 270 g/mol. The molecule has 1 N–H and O–H groups in total. The van der Waals surface area contributed by atoms with Crippen LogP contribution in [-0.4, -0.2) is 32.5 Å². The van der Waals surface area contributed by atoms with E-state index in [0.29, 0.717) is 24.7 Å². The first-order valence-corrected chi connectivity index (χ1v) is 6.93. The van der Waals surface area contributed by atoms with Gasteiger partial charge < -0.3 is 14.2 Å². The van der Waals surface area contributed by atoms with Gasteiger partial charge in [0.15, 0.2) is 11.5 Å². The molecule has 1 aromatic carbocycles. The predicted molar refractivity (Wildman–Crippen MR) is 79.1 cm³/mol. The van der Waals surface area contributed by atoms with E-state index >= 15 is 0 Å². The molecule has 1 aromatic rings. The zero-order valence-electron chi connectivity index (χ0n) is 12.1. The van der Waals surface area contributed by atoms with Gasteiger partial charge in [0.2, 0.25) is 0 Å². The van der Waals surface area contributed by atoms with E-state index in [9.17, 15) is 0 Å². The van der Waals surface area contributed by atoms with Gasteiger partial charge in [-0.1, -0.05) is 12.7 Å². The van der Waals surface area contributed by atoms with Crippen molar-refractivity contribution in [1.82, 2.24) is 5.48 Å². The lowest BCUT2D eigenvalue weighted by atomic mass is 10.0. The fraction of sp³-hybridized carbons (Fsp3) is 0.375. The van der Waals surface area contributed by atoms with E-state index in [1.807, 2.05) is 18.2 Å². The van der Waals surface area contributed by atoms with Crippen molar-refractivity contribution in [2.45, 2.75) is 12.0 Å². The van der Waals surface area contributed by atoms with Crippen molar-refractivity contribution < 1.29 is 19.0 Å². The fourth-order valence-corrected chi connectivity index (χ4v) is 2.48. The van der Waals surface area contributed by atoms with Crippen LogP contribution in [0.5, 0.6) is 11.5 Å². The maximum absolute atomic E-state index is 5.69. The SMILES string of the molecule is C=CCOc1cc(C2=CC3(CCOC3)ON2)ccc1OC. The molecule has 0 bridgehead atoms. The predicted octanol–water partition coefficient (Wildman–Crippen LogP) is 2.29. The van der Waals surface area contributed by atoms with Gasteiger partial charge in [-0.15, -0.1) is 0 Å². The van der Waals surface area contributed by atoms with E-state index in [1.54, 1.807) is 13.2 Å². The van der Waals surface area contributed by atoms with Crippen molar-refractivity contribution in [3.05, 3.63) is 42.5 Å². The molecule has 2 aliphatic heterocycles. The molecule has 2 aliphatic rings. The smallest absolute Gasteiger partial charge is 0.162 e. The third-order valence-electron chi connectivity index (χ3n) is 3.62. The van der Waals surface area contributed by atoms with Crippen LogP contribution >= 0.6 is 0 Å². The zero-order valence-corrected chi connectivity index (χ0v) is 12.1. The minimum Gasteiger partial charge on any atom is -0.493 e. The number of hydroxylamine groups is 1. The van der Waals surface area contributed by atoms with Crippen molar-refractivity contribution >= 4 is 5.70 Å². The molecule has 3 rings (SSSR count). The summed E-state index contributed by atoms with van der Waals surface area (Å²) in [5.74, 6) is 1.38. The number of hydrogen-bond donors (Lipinski definition) is 1. The lowest BCUT2D eigenvalue weighted by Crippen LogP contribution is -2.29. The average Bonchev–Trinajstić information content (AvgIpc) is 3.15.